The average Bonchev–Trinajstić information content (AvgIpc) is 2.67. The van der Waals surface area contributed by atoms with Gasteiger partial charge in [-0.1, -0.05) is 30.3 Å². The van der Waals surface area contributed by atoms with Crippen LogP contribution in [0.25, 0.3) is 0 Å². The van der Waals surface area contributed by atoms with Crippen LogP contribution >= 0.6 is 0 Å². The number of hydrogen-bond donors (Lipinski definition) is 4. The molecule has 3 aromatic rings. The van der Waals surface area contributed by atoms with Gasteiger partial charge in [-0.05, 0) is 29.8 Å². The minimum absolute atomic E-state index is 0.0362. The summed E-state index contributed by atoms with van der Waals surface area (Å²) in [5.74, 6) is 0.796. The number of benzene rings is 2. The van der Waals surface area contributed by atoms with Crippen LogP contribution in [-0.4, -0.2) is 33.2 Å². The van der Waals surface area contributed by atoms with E-state index < -0.39 is 0 Å². The molecule has 0 amide bonds. The molecule has 134 valence electrons. The summed E-state index contributed by atoms with van der Waals surface area (Å²) in [6.07, 6.45) is 0. The van der Waals surface area contributed by atoms with Crippen LogP contribution in [-0.2, 0) is 6.54 Å². The van der Waals surface area contributed by atoms with E-state index in [-0.39, 0.29) is 12.4 Å². The maximum absolute atomic E-state index is 13.0. The van der Waals surface area contributed by atoms with Crippen molar-refractivity contribution in [3.63, 3.8) is 0 Å². The largest absolute Gasteiger partial charge is 0.395 e. The molecule has 0 saturated carbocycles. The first-order valence-electron chi connectivity index (χ1n) is 8.14. The van der Waals surface area contributed by atoms with Gasteiger partial charge in [0.1, 0.15) is 5.82 Å². The number of hydrogen-bond acceptors (Lipinski definition) is 7. The summed E-state index contributed by atoms with van der Waals surface area (Å²) >= 11 is 0. The van der Waals surface area contributed by atoms with E-state index in [2.05, 4.69) is 30.9 Å². The Morgan fingerprint density at radius 2 is 1.46 bits per heavy atom. The van der Waals surface area contributed by atoms with Crippen molar-refractivity contribution in [2.24, 2.45) is 0 Å². The van der Waals surface area contributed by atoms with Gasteiger partial charge in [0.25, 0.3) is 0 Å². The predicted molar refractivity (Wildman–Crippen MR) is 98.9 cm³/mol. The lowest BCUT2D eigenvalue weighted by molar-refractivity contribution is 0.311. The lowest BCUT2D eigenvalue weighted by Gasteiger charge is -2.11. The third-order valence-electron chi connectivity index (χ3n) is 3.42. The van der Waals surface area contributed by atoms with Crippen LogP contribution < -0.4 is 16.0 Å². The highest BCUT2D eigenvalue weighted by molar-refractivity contribution is 5.55. The third kappa shape index (κ3) is 5.12. The van der Waals surface area contributed by atoms with E-state index in [1.54, 1.807) is 12.1 Å². The molecule has 0 aliphatic heterocycles. The van der Waals surface area contributed by atoms with Crippen LogP contribution in [0.15, 0.2) is 54.6 Å². The van der Waals surface area contributed by atoms with Crippen molar-refractivity contribution >= 4 is 23.5 Å². The van der Waals surface area contributed by atoms with Crippen LogP contribution in [0.1, 0.15) is 5.56 Å². The van der Waals surface area contributed by atoms with Gasteiger partial charge in [-0.2, -0.15) is 15.0 Å². The first kappa shape index (κ1) is 17.6. The molecule has 1 aromatic heterocycles. The Hall–Kier alpha value is -3.26. The standard InChI is InChI=1S/C18H19FN6O/c19-14-8-6-13(7-9-14)12-21-17-23-16(20-10-11-26)24-18(25-17)22-15-4-2-1-3-5-15/h1-9,26H,10-12H2,(H3,20,21,22,23,24,25). The van der Waals surface area contributed by atoms with E-state index in [0.29, 0.717) is 30.9 Å². The van der Waals surface area contributed by atoms with Gasteiger partial charge in [0.05, 0.1) is 6.61 Å². The number of aliphatic hydroxyl groups excluding tert-OH is 1. The highest BCUT2D eigenvalue weighted by atomic mass is 19.1. The lowest BCUT2D eigenvalue weighted by Crippen LogP contribution is -2.13. The monoisotopic (exact) mass is 354 g/mol. The molecule has 0 fully saturated rings. The molecule has 8 heteroatoms. The highest BCUT2D eigenvalue weighted by Gasteiger charge is 2.07. The van der Waals surface area contributed by atoms with Gasteiger partial charge in [0.15, 0.2) is 0 Å². The molecule has 0 spiro atoms. The second-order valence-electron chi connectivity index (χ2n) is 5.43. The maximum atomic E-state index is 13.0. The second-order valence-corrected chi connectivity index (χ2v) is 5.43. The number of aliphatic hydroxyl groups is 1. The molecule has 0 bridgehead atoms. The number of aromatic nitrogens is 3. The van der Waals surface area contributed by atoms with Crippen LogP contribution in [0.2, 0.25) is 0 Å². The fourth-order valence-electron chi connectivity index (χ4n) is 2.19. The summed E-state index contributed by atoms with van der Waals surface area (Å²) in [6.45, 7) is 0.728. The summed E-state index contributed by atoms with van der Waals surface area (Å²) in [6, 6.07) is 15.7. The van der Waals surface area contributed by atoms with Crippen LogP contribution in [0.5, 0.6) is 0 Å². The first-order valence-corrected chi connectivity index (χ1v) is 8.14. The summed E-state index contributed by atoms with van der Waals surface area (Å²) in [5, 5.41) is 18.1. The molecule has 0 saturated heterocycles. The second kappa shape index (κ2) is 8.72. The van der Waals surface area contributed by atoms with Gasteiger partial charge in [0, 0.05) is 18.8 Å². The number of nitrogens with one attached hydrogen (secondary N) is 3. The molecule has 2 aromatic carbocycles. The maximum Gasteiger partial charge on any atom is 0.233 e. The van der Waals surface area contributed by atoms with E-state index in [9.17, 15) is 4.39 Å². The van der Waals surface area contributed by atoms with Gasteiger partial charge < -0.3 is 21.1 Å². The van der Waals surface area contributed by atoms with Crippen molar-refractivity contribution in [2.45, 2.75) is 6.54 Å². The van der Waals surface area contributed by atoms with Crippen molar-refractivity contribution in [3.8, 4) is 0 Å². The summed E-state index contributed by atoms with van der Waals surface area (Å²) in [5.41, 5.74) is 1.74. The third-order valence-corrected chi connectivity index (χ3v) is 3.42. The SMILES string of the molecule is OCCNc1nc(NCc2ccc(F)cc2)nc(Nc2ccccc2)n1. The minimum Gasteiger partial charge on any atom is -0.395 e. The Labute approximate surface area is 150 Å². The molecule has 26 heavy (non-hydrogen) atoms. The van der Waals surface area contributed by atoms with Crippen molar-refractivity contribution in [1.29, 1.82) is 0 Å². The zero-order valence-corrected chi connectivity index (χ0v) is 14.0. The summed E-state index contributed by atoms with van der Waals surface area (Å²) in [7, 11) is 0. The zero-order chi connectivity index (χ0) is 18.2. The van der Waals surface area contributed by atoms with E-state index in [4.69, 9.17) is 5.11 Å². The Balaban J connectivity index is 1.76. The molecular weight excluding hydrogens is 335 g/mol. The first-order chi connectivity index (χ1) is 12.7. The van der Waals surface area contributed by atoms with E-state index in [0.717, 1.165) is 11.3 Å². The minimum atomic E-state index is -0.279. The highest BCUT2D eigenvalue weighted by Crippen LogP contribution is 2.16. The predicted octanol–water partition coefficient (Wildman–Crippen LogP) is 2.77. The summed E-state index contributed by atoms with van der Waals surface area (Å²) in [4.78, 5) is 12.9. The molecule has 0 aliphatic carbocycles. The molecule has 3 rings (SSSR count). The quantitative estimate of drug-likeness (QED) is 0.494. The van der Waals surface area contributed by atoms with Gasteiger partial charge in [-0.25, -0.2) is 4.39 Å². The van der Waals surface area contributed by atoms with Crippen molar-refractivity contribution in [3.05, 3.63) is 66.0 Å². The fourth-order valence-corrected chi connectivity index (χ4v) is 2.19. The van der Waals surface area contributed by atoms with Crippen LogP contribution in [0.4, 0.5) is 27.9 Å². The Kier molecular flexibility index (Phi) is 5.89. The van der Waals surface area contributed by atoms with Crippen molar-refractivity contribution < 1.29 is 9.50 Å². The number of nitrogens with zero attached hydrogens (tertiary/aromatic N) is 3. The van der Waals surface area contributed by atoms with Gasteiger partial charge in [-0.3, -0.25) is 0 Å². The fraction of sp³-hybridized carbons (Fsp3) is 0.167. The molecule has 4 N–H and O–H groups in total. The van der Waals surface area contributed by atoms with Gasteiger partial charge >= 0.3 is 0 Å². The Bertz CT molecular complexity index is 829. The molecule has 0 unspecified atom stereocenters. The smallest absolute Gasteiger partial charge is 0.233 e. The lowest BCUT2D eigenvalue weighted by atomic mass is 10.2. The van der Waals surface area contributed by atoms with Crippen molar-refractivity contribution in [1.82, 2.24) is 15.0 Å². The zero-order valence-electron chi connectivity index (χ0n) is 14.0. The van der Waals surface area contributed by atoms with E-state index >= 15 is 0 Å². The van der Waals surface area contributed by atoms with Crippen LogP contribution in [0.3, 0.4) is 0 Å². The number of rotatable bonds is 8. The van der Waals surface area contributed by atoms with Gasteiger partial charge in [-0.15, -0.1) is 0 Å². The number of halogens is 1. The average molecular weight is 354 g/mol. The molecule has 0 aliphatic rings. The number of para-hydroxylation sites is 1. The number of anilines is 4. The molecule has 0 radical (unpaired) electrons. The summed E-state index contributed by atoms with van der Waals surface area (Å²) < 4.78 is 13.0. The Morgan fingerprint density at radius 1 is 0.808 bits per heavy atom. The van der Waals surface area contributed by atoms with E-state index in [1.807, 2.05) is 30.3 Å². The normalized spacial score (nSPS) is 10.4. The molecule has 7 nitrogen and oxygen atoms in total. The molecular formula is C18H19FN6O. The topological polar surface area (TPSA) is 95.0 Å². The van der Waals surface area contributed by atoms with Crippen LogP contribution in [0, 0.1) is 5.82 Å². The molecule has 0 atom stereocenters. The molecule has 1 heterocycles. The van der Waals surface area contributed by atoms with Gasteiger partial charge in [0.2, 0.25) is 17.8 Å². The van der Waals surface area contributed by atoms with E-state index in [1.165, 1.54) is 12.1 Å². The Morgan fingerprint density at radius 3 is 2.15 bits per heavy atom. The van der Waals surface area contributed by atoms with Crippen molar-refractivity contribution in [2.75, 3.05) is 29.1 Å².